The molecule has 3 aromatic rings. The molecule has 0 fully saturated rings. The lowest BCUT2D eigenvalue weighted by atomic mass is 10.1. The van der Waals surface area contributed by atoms with Gasteiger partial charge in [-0.15, -0.1) is 0 Å². The average Bonchev–Trinajstić information content (AvgIpc) is 2.81. The summed E-state index contributed by atoms with van der Waals surface area (Å²) >= 11 is 0. The third-order valence-electron chi connectivity index (χ3n) is 4.98. The number of amides is 3. The molecule has 0 unspecified atom stereocenters. The van der Waals surface area contributed by atoms with E-state index < -0.39 is 17.9 Å². The van der Waals surface area contributed by atoms with E-state index >= 15 is 0 Å². The zero-order chi connectivity index (χ0) is 23.1. The van der Waals surface area contributed by atoms with Crippen LogP contribution in [0.15, 0.2) is 72.8 Å². The summed E-state index contributed by atoms with van der Waals surface area (Å²) in [6, 6.07) is 20.8. The SMILES string of the molecule is Cc1cccc(O[C@H](C)C(=O)NNC(=O)c2ccccc2NC(=O)c2ccccc2)c1C. The van der Waals surface area contributed by atoms with Crippen LogP contribution in [-0.2, 0) is 4.79 Å². The molecule has 1 atom stereocenters. The van der Waals surface area contributed by atoms with E-state index in [1.54, 1.807) is 61.5 Å². The van der Waals surface area contributed by atoms with E-state index in [-0.39, 0.29) is 11.5 Å². The van der Waals surface area contributed by atoms with Crippen molar-refractivity contribution in [2.45, 2.75) is 26.9 Å². The molecule has 0 heterocycles. The highest BCUT2D eigenvalue weighted by atomic mass is 16.5. The summed E-state index contributed by atoms with van der Waals surface area (Å²) in [4.78, 5) is 37.5. The Morgan fingerprint density at radius 3 is 2.22 bits per heavy atom. The lowest BCUT2D eigenvalue weighted by Crippen LogP contribution is -2.47. The topological polar surface area (TPSA) is 96.5 Å². The van der Waals surface area contributed by atoms with Gasteiger partial charge in [0.25, 0.3) is 17.7 Å². The van der Waals surface area contributed by atoms with Crippen molar-refractivity contribution in [3.63, 3.8) is 0 Å². The Balaban J connectivity index is 1.62. The molecule has 0 saturated carbocycles. The normalized spacial score (nSPS) is 11.2. The molecule has 32 heavy (non-hydrogen) atoms. The number of carbonyl (C=O) groups excluding carboxylic acids is 3. The minimum Gasteiger partial charge on any atom is -0.481 e. The maximum atomic E-state index is 12.6. The van der Waals surface area contributed by atoms with E-state index in [0.29, 0.717) is 17.0 Å². The maximum Gasteiger partial charge on any atom is 0.279 e. The van der Waals surface area contributed by atoms with Crippen LogP contribution in [0.5, 0.6) is 5.75 Å². The van der Waals surface area contributed by atoms with Gasteiger partial charge in [0, 0.05) is 5.56 Å². The molecule has 0 aliphatic rings. The van der Waals surface area contributed by atoms with Gasteiger partial charge in [-0.05, 0) is 62.2 Å². The molecule has 0 aliphatic heterocycles. The number of carbonyl (C=O) groups is 3. The monoisotopic (exact) mass is 431 g/mol. The fourth-order valence-corrected chi connectivity index (χ4v) is 2.96. The van der Waals surface area contributed by atoms with E-state index in [2.05, 4.69) is 16.2 Å². The zero-order valence-corrected chi connectivity index (χ0v) is 18.1. The van der Waals surface area contributed by atoms with Gasteiger partial charge in [-0.25, -0.2) is 0 Å². The van der Waals surface area contributed by atoms with Crippen molar-refractivity contribution >= 4 is 23.4 Å². The minimum absolute atomic E-state index is 0.209. The molecule has 7 heteroatoms. The quantitative estimate of drug-likeness (QED) is 0.518. The van der Waals surface area contributed by atoms with Gasteiger partial charge >= 0.3 is 0 Å². The van der Waals surface area contributed by atoms with Crippen LogP contribution >= 0.6 is 0 Å². The Kier molecular flexibility index (Phi) is 7.23. The van der Waals surface area contributed by atoms with Gasteiger partial charge in [0.15, 0.2) is 6.10 Å². The van der Waals surface area contributed by atoms with E-state index in [1.807, 2.05) is 32.0 Å². The molecular formula is C25H25N3O4. The standard InChI is InChI=1S/C25H25N3O4/c1-16-10-9-15-22(17(16)2)32-18(3)23(29)27-28-25(31)20-13-7-8-14-21(20)26-24(30)19-11-5-4-6-12-19/h4-15,18H,1-3H3,(H,26,30)(H,27,29)(H,28,31)/t18-/m1/s1. The summed E-state index contributed by atoms with van der Waals surface area (Å²) in [5, 5.41) is 2.73. The molecule has 3 amide bonds. The molecule has 164 valence electrons. The van der Waals surface area contributed by atoms with E-state index in [4.69, 9.17) is 4.74 Å². The summed E-state index contributed by atoms with van der Waals surface area (Å²) in [6.45, 7) is 5.47. The second kappa shape index (κ2) is 10.3. The first-order valence-corrected chi connectivity index (χ1v) is 10.2. The number of para-hydroxylation sites is 1. The molecule has 3 rings (SSSR count). The van der Waals surface area contributed by atoms with Crippen LogP contribution < -0.4 is 20.9 Å². The lowest BCUT2D eigenvalue weighted by molar-refractivity contribution is -0.128. The smallest absolute Gasteiger partial charge is 0.279 e. The van der Waals surface area contributed by atoms with Crippen LogP contribution in [-0.4, -0.2) is 23.8 Å². The number of nitrogens with one attached hydrogen (secondary N) is 3. The van der Waals surface area contributed by atoms with E-state index in [1.165, 1.54) is 0 Å². The predicted octanol–water partition coefficient (Wildman–Crippen LogP) is 3.78. The van der Waals surface area contributed by atoms with E-state index in [9.17, 15) is 14.4 Å². The third kappa shape index (κ3) is 5.51. The number of hydrogen-bond donors (Lipinski definition) is 3. The fraction of sp³-hybridized carbons (Fsp3) is 0.160. The van der Waals surface area contributed by atoms with Crippen molar-refractivity contribution in [2.75, 3.05) is 5.32 Å². The van der Waals surface area contributed by atoms with Crippen LogP contribution in [0.1, 0.15) is 38.8 Å². The van der Waals surface area contributed by atoms with Gasteiger partial charge in [0.2, 0.25) is 0 Å². The second-order valence-electron chi connectivity index (χ2n) is 7.27. The predicted molar refractivity (Wildman–Crippen MR) is 122 cm³/mol. The lowest BCUT2D eigenvalue weighted by Gasteiger charge is -2.18. The summed E-state index contributed by atoms with van der Waals surface area (Å²) in [6.07, 6.45) is -0.830. The molecule has 0 radical (unpaired) electrons. The number of hydrogen-bond acceptors (Lipinski definition) is 4. The molecule has 7 nitrogen and oxygen atoms in total. The fourth-order valence-electron chi connectivity index (χ4n) is 2.96. The number of anilines is 1. The zero-order valence-electron chi connectivity index (χ0n) is 18.1. The number of aryl methyl sites for hydroxylation is 1. The van der Waals surface area contributed by atoms with Crippen molar-refractivity contribution in [3.05, 3.63) is 95.1 Å². The van der Waals surface area contributed by atoms with Crippen molar-refractivity contribution in [3.8, 4) is 5.75 Å². The maximum absolute atomic E-state index is 12.6. The summed E-state index contributed by atoms with van der Waals surface area (Å²) in [7, 11) is 0. The van der Waals surface area contributed by atoms with Gasteiger partial charge in [-0.1, -0.05) is 42.5 Å². The first kappa shape index (κ1) is 22.6. The molecule has 0 spiro atoms. The minimum atomic E-state index is -0.830. The number of rotatable bonds is 6. The van der Waals surface area contributed by atoms with Gasteiger partial charge in [0.1, 0.15) is 5.75 Å². The molecule has 0 saturated heterocycles. The highest BCUT2D eigenvalue weighted by Gasteiger charge is 2.19. The van der Waals surface area contributed by atoms with Crippen molar-refractivity contribution in [1.82, 2.24) is 10.9 Å². The third-order valence-corrected chi connectivity index (χ3v) is 4.98. The van der Waals surface area contributed by atoms with Crippen LogP contribution in [0, 0.1) is 13.8 Å². The Morgan fingerprint density at radius 1 is 0.781 bits per heavy atom. The molecule has 3 N–H and O–H groups in total. The highest BCUT2D eigenvalue weighted by molar-refractivity contribution is 6.09. The Labute approximate surface area is 186 Å². The second-order valence-corrected chi connectivity index (χ2v) is 7.27. The number of ether oxygens (including phenoxy) is 1. The first-order chi connectivity index (χ1) is 15.4. The number of hydrazine groups is 1. The van der Waals surface area contributed by atoms with Crippen LogP contribution in [0.25, 0.3) is 0 Å². The van der Waals surface area contributed by atoms with Crippen LogP contribution in [0.3, 0.4) is 0 Å². The van der Waals surface area contributed by atoms with Crippen molar-refractivity contribution in [2.24, 2.45) is 0 Å². The molecule has 0 aromatic heterocycles. The van der Waals surface area contributed by atoms with Crippen molar-refractivity contribution in [1.29, 1.82) is 0 Å². The van der Waals surface area contributed by atoms with E-state index in [0.717, 1.165) is 11.1 Å². The molecular weight excluding hydrogens is 406 g/mol. The first-order valence-electron chi connectivity index (χ1n) is 10.2. The Bertz CT molecular complexity index is 1130. The van der Waals surface area contributed by atoms with Gasteiger partial charge in [-0.3, -0.25) is 25.2 Å². The highest BCUT2D eigenvalue weighted by Crippen LogP contribution is 2.21. The van der Waals surface area contributed by atoms with Gasteiger partial charge < -0.3 is 10.1 Å². The summed E-state index contributed by atoms with van der Waals surface area (Å²) < 4.78 is 5.73. The van der Waals surface area contributed by atoms with Crippen LogP contribution in [0.2, 0.25) is 0 Å². The summed E-state index contributed by atoms with van der Waals surface area (Å²) in [5.74, 6) is -0.815. The Hall–Kier alpha value is -4.13. The average molecular weight is 431 g/mol. The largest absolute Gasteiger partial charge is 0.481 e. The van der Waals surface area contributed by atoms with Crippen molar-refractivity contribution < 1.29 is 19.1 Å². The Morgan fingerprint density at radius 2 is 1.47 bits per heavy atom. The van der Waals surface area contributed by atoms with Gasteiger partial charge in [-0.2, -0.15) is 0 Å². The summed E-state index contributed by atoms with van der Waals surface area (Å²) in [5.41, 5.74) is 7.74. The number of benzene rings is 3. The van der Waals surface area contributed by atoms with Crippen LogP contribution in [0.4, 0.5) is 5.69 Å². The molecule has 0 aliphatic carbocycles. The molecule has 3 aromatic carbocycles. The van der Waals surface area contributed by atoms with Gasteiger partial charge in [0.05, 0.1) is 11.3 Å². The molecule has 0 bridgehead atoms.